The standard InChI is InChI=1S/C11H19N3/c1-11(2,10-13)6-4-5-8-14(3)9-7-12/h4-6,8-9H2,1-3H3. The topological polar surface area (TPSA) is 50.8 Å². The van der Waals surface area contributed by atoms with Crippen molar-refractivity contribution in [2.45, 2.75) is 33.1 Å². The molecular formula is C11H19N3. The van der Waals surface area contributed by atoms with Gasteiger partial charge in [0, 0.05) is 0 Å². The summed E-state index contributed by atoms with van der Waals surface area (Å²) in [5.41, 5.74) is -0.201. The maximum atomic E-state index is 8.78. The van der Waals surface area contributed by atoms with Crippen molar-refractivity contribution in [3.05, 3.63) is 0 Å². The van der Waals surface area contributed by atoms with Gasteiger partial charge in [0.25, 0.3) is 0 Å². The molecule has 0 rings (SSSR count). The molecule has 0 aliphatic carbocycles. The third-order valence-corrected chi connectivity index (χ3v) is 2.23. The molecule has 0 atom stereocenters. The van der Waals surface area contributed by atoms with Gasteiger partial charge in [-0.25, -0.2) is 0 Å². The smallest absolute Gasteiger partial charge is 0.0863 e. The summed E-state index contributed by atoms with van der Waals surface area (Å²) < 4.78 is 0. The van der Waals surface area contributed by atoms with Gasteiger partial charge in [-0.2, -0.15) is 10.5 Å². The van der Waals surface area contributed by atoms with Crippen molar-refractivity contribution in [1.82, 2.24) is 4.90 Å². The summed E-state index contributed by atoms with van der Waals surface area (Å²) in [7, 11) is 1.94. The molecule has 0 aromatic heterocycles. The molecule has 0 aliphatic heterocycles. The van der Waals surface area contributed by atoms with Gasteiger partial charge in [-0.05, 0) is 40.3 Å². The van der Waals surface area contributed by atoms with E-state index in [9.17, 15) is 0 Å². The molecule has 3 nitrogen and oxygen atoms in total. The molecule has 0 aliphatic rings. The Balaban J connectivity index is 3.49. The van der Waals surface area contributed by atoms with Gasteiger partial charge in [0.15, 0.2) is 0 Å². The van der Waals surface area contributed by atoms with Crippen LogP contribution in [0, 0.1) is 28.1 Å². The zero-order valence-electron chi connectivity index (χ0n) is 9.38. The predicted octanol–water partition coefficient (Wildman–Crippen LogP) is 2.16. The highest BCUT2D eigenvalue weighted by Crippen LogP contribution is 2.21. The lowest BCUT2D eigenvalue weighted by Crippen LogP contribution is -2.20. The largest absolute Gasteiger partial charge is 0.294 e. The van der Waals surface area contributed by atoms with E-state index in [1.807, 2.05) is 25.8 Å². The first kappa shape index (κ1) is 12.9. The summed E-state index contributed by atoms with van der Waals surface area (Å²) in [4.78, 5) is 2.00. The molecule has 0 heterocycles. The van der Waals surface area contributed by atoms with E-state index >= 15 is 0 Å². The van der Waals surface area contributed by atoms with Gasteiger partial charge in [0.2, 0.25) is 0 Å². The maximum absolute atomic E-state index is 8.78. The Hall–Kier alpha value is -1.06. The molecule has 0 amide bonds. The minimum Gasteiger partial charge on any atom is -0.294 e. The van der Waals surface area contributed by atoms with Crippen molar-refractivity contribution < 1.29 is 0 Å². The first-order chi connectivity index (χ1) is 6.52. The molecule has 14 heavy (non-hydrogen) atoms. The number of rotatable bonds is 6. The lowest BCUT2D eigenvalue weighted by atomic mass is 9.89. The van der Waals surface area contributed by atoms with Gasteiger partial charge in [0.05, 0.1) is 24.1 Å². The molecule has 0 unspecified atom stereocenters. The van der Waals surface area contributed by atoms with Crippen LogP contribution >= 0.6 is 0 Å². The van der Waals surface area contributed by atoms with Crippen LogP contribution in [-0.4, -0.2) is 25.0 Å². The fraction of sp³-hybridized carbons (Fsp3) is 0.818. The second-order valence-corrected chi connectivity index (χ2v) is 4.35. The molecule has 0 aromatic carbocycles. The SMILES string of the molecule is CN(CC#N)CCCCC(C)(C)C#N. The second-order valence-electron chi connectivity index (χ2n) is 4.35. The van der Waals surface area contributed by atoms with Crippen molar-refractivity contribution in [3.8, 4) is 12.1 Å². The Morgan fingerprint density at radius 3 is 2.36 bits per heavy atom. The first-order valence-corrected chi connectivity index (χ1v) is 4.98. The molecule has 0 bridgehead atoms. The Kier molecular flexibility index (Phi) is 5.92. The normalized spacial score (nSPS) is 11.0. The highest BCUT2D eigenvalue weighted by Gasteiger charge is 2.15. The van der Waals surface area contributed by atoms with E-state index in [0.29, 0.717) is 6.54 Å². The number of nitriles is 2. The van der Waals surface area contributed by atoms with Gasteiger partial charge >= 0.3 is 0 Å². The fourth-order valence-corrected chi connectivity index (χ4v) is 1.20. The van der Waals surface area contributed by atoms with Crippen molar-refractivity contribution in [2.75, 3.05) is 20.1 Å². The minimum atomic E-state index is -0.201. The van der Waals surface area contributed by atoms with Gasteiger partial charge in [-0.3, -0.25) is 4.90 Å². The molecular weight excluding hydrogens is 174 g/mol. The zero-order chi connectivity index (χ0) is 11.0. The number of hydrogen-bond donors (Lipinski definition) is 0. The van der Waals surface area contributed by atoms with Gasteiger partial charge in [-0.15, -0.1) is 0 Å². The Morgan fingerprint density at radius 1 is 1.21 bits per heavy atom. The van der Waals surface area contributed by atoms with Crippen molar-refractivity contribution in [1.29, 1.82) is 10.5 Å². The molecule has 0 N–H and O–H groups in total. The number of hydrogen-bond acceptors (Lipinski definition) is 3. The Morgan fingerprint density at radius 2 is 1.86 bits per heavy atom. The monoisotopic (exact) mass is 193 g/mol. The van der Waals surface area contributed by atoms with E-state index in [-0.39, 0.29) is 5.41 Å². The Labute approximate surface area is 86.9 Å². The molecule has 78 valence electrons. The molecule has 0 fully saturated rings. The van der Waals surface area contributed by atoms with E-state index in [1.165, 1.54) is 0 Å². The summed E-state index contributed by atoms with van der Waals surface area (Å²) in [5, 5.41) is 17.2. The van der Waals surface area contributed by atoms with E-state index in [0.717, 1.165) is 25.8 Å². The van der Waals surface area contributed by atoms with Crippen LogP contribution in [0.3, 0.4) is 0 Å². The first-order valence-electron chi connectivity index (χ1n) is 4.98. The van der Waals surface area contributed by atoms with E-state index in [4.69, 9.17) is 10.5 Å². The lowest BCUT2D eigenvalue weighted by Gasteiger charge is -2.16. The van der Waals surface area contributed by atoms with Gasteiger partial charge in [0.1, 0.15) is 0 Å². The third kappa shape index (κ3) is 6.46. The molecule has 0 saturated carbocycles. The second kappa shape index (κ2) is 6.40. The summed E-state index contributed by atoms with van der Waals surface area (Å²) in [6.07, 6.45) is 3.05. The molecule has 0 saturated heterocycles. The number of unbranched alkanes of at least 4 members (excludes halogenated alkanes) is 1. The zero-order valence-corrected chi connectivity index (χ0v) is 9.38. The van der Waals surface area contributed by atoms with E-state index in [2.05, 4.69) is 12.1 Å². The van der Waals surface area contributed by atoms with Gasteiger partial charge in [-0.1, -0.05) is 6.42 Å². The van der Waals surface area contributed by atoms with Crippen LogP contribution in [0.2, 0.25) is 0 Å². The molecule has 0 spiro atoms. The summed E-state index contributed by atoms with van der Waals surface area (Å²) in [6, 6.07) is 4.40. The van der Waals surface area contributed by atoms with E-state index < -0.39 is 0 Å². The van der Waals surface area contributed by atoms with Crippen LogP contribution < -0.4 is 0 Å². The minimum absolute atomic E-state index is 0.201. The maximum Gasteiger partial charge on any atom is 0.0863 e. The van der Waals surface area contributed by atoms with Crippen molar-refractivity contribution in [2.24, 2.45) is 5.41 Å². The van der Waals surface area contributed by atoms with Crippen LogP contribution in [0.1, 0.15) is 33.1 Å². The average molecular weight is 193 g/mol. The van der Waals surface area contributed by atoms with E-state index in [1.54, 1.807) is 0 Å². The molecule has 0 aromatic rings. The average Bonchev–Trinajstić information content (AvgIpc) is 2.13. The van der Waals surface area contributed by atoms with Crippen LogP contribution in [-0.2, 0) is 0 Å². The highest BCUT2D eigenvalue weighted by atomic mass is 15.1. The fourth-order valence-electron chi connectivity index (χ4n) is 1.20. The number of nitrogens with zero attached hydrogens (tertiary/aromatic N) is 3. The summed E-state index contributed by atoms with van der Waals surface area (Å²) in [6.45, 7) is 5.36. The van der Waals surface area contributed by atoms with Crippen LogP contribution in [0.5, 0.6) is 0 Å². The summed E-state index contributed by atoms with van der Waals surface area (Å²) in [5.74, 6) is 0. The van der Waals surface area contributed by atoms with Crippen LogP contribution in [0.4, 0.5) is 0 Å². The lowest BCUT2D eigenvalue weighted by molar-refractivity contribution is 0.343. The Bertz CT molecular complexity index is 232. The van der Waals surface area contributed by atoms with Gasteiger partial charge < -0.3 is 0 Å². The summed E-state index contributed by atoms with van der Waals surface area (Å²) >= 11 is 0. The van der Waals surface area contributed by atoms with Crippen LogP contribution in [0.15, 0.2) is 0 Å². The quantitative estimate of drug-likeness (QED) is 0.480. The molecule has 3 heteroatoms. The van der Waals surface area contributed by atoms with Crippen molar-refractivity contribution in [3.63, 3.8) is 0 Å². The highest BCUT2D eigenvalue weighted by molar-refractivity contribution is 4.91. The third-order valence-electron chi connectivity index (χ3n) is 2.23. The molecule has 0 radical (unpaired) electrons. The van der Waals surface area contributed by atoms with Crippen LogP contribution in [0.25, 0.3) is 0 Å². The predicted molar refractivity (Wildman–Crippen MR) is 56.4 cm³/mol. The van der Waals surface area contributed by atoms with Crippen molar-refractivity contribution >= 4 is 0 Å².